The average Bonchev–Trinajstić information content (AvgIpc) is 3.09. The van der Waals surface area contributed by atoms with Crippen LogP contribution in [0.2, 0.25) is 5.15 Å². The van der Waals surface area contributed by atoms with E-state index in [0.29, 0.717) is 0 Å². The molecule has 2 heterocycles. The predicted octanol–water partition coefficient (Wildman–Crippen LogP) is 4.48. The first-order valence-electron chi connectivity index (χ1n) is 8.75. The molecule has 0 fully saturated rings. The van der Waals surface area contributed by atoms with Gasteiger partial charge in [0.05, 0.1) is 16.2 Å². The standard InChI is InChI=1S/C21H14ClFN2O4S/c22-18-10-15-20(30(28,29)14-4-2-1-3-5-14)16(11-24-21(15)25-18)12-6-7-13(9-19(26)27)17(23)8-12/h1-8,10-11H,9H2,(H,24,25)(H,26,27). The largest absolute Gasteiger partial charge is 0.481 e. The van der Waals surface area contributed by atoms with Gasteiger partial charge in [0, 0.05) is 17.1 Å². The minimum Gasteiger partial charge on any atom is -0.481 e. The lowest BCUT2D eigenvalue weighted by molar-refractivity contribution is -0.136. The summed E-state index contributed by atoms with van der Waals surface area (Å²) in [7, 11) is -4.01. The Morgan fingerprint density at radius 3 is 2.53 bits per heavy atom. The number of fused-ring (bicyclic) bond motifs is 1. The number of benzene rings is 2. The van der Waals surface area contributed by atoms with Crippen LogP contribution >= 0.6 is 11.6 Å². The fraction of sp³-hybridized carbons (Fsp3) is 0.0476. The van der Waals surface area contributed by atoms with Crippen LogP contribution < -0.4 is 0 Å². The molecule has 0 radical (unpaired) electrons. The molecule has 0 aliphatic carbocycles. The van der Waals surface area contributed by atoms with E-state index in [1.54, 1.807) is 18.2 Å². The summed E-state index contributed by atoms with van der Waals surface area (Å²) >= 11 is 6.04. The first-order valence-corrected chi connectivity index (χ1v) is 10.6. The number of pyridine rings is 1. The molecular formula is C21H14ClFN2O4S. The highest BCUT2D eigenvalue weighted by molar-refractivity contribution is 7.91. The Hall–Kier alpha value is -3.23. The molecular weight excluding hydrogens is 431 g/mol. The molecule has 6 nitrogen and oxygen atoms in total. The SMILES string of the molecule is O=C(O)Cc1ccc(-c2cnc3[nH]c(Cl)cc3c2S(=O)(=O)c2ccccc2)cc1F. The number of carbonyl (C=O) groups is 1. The fourth-order valence-corrected chi connectivity index (χ4v) is 5.11. The third kappa shape index (κ3) is 3.55. The summed E-state index contributed by atoms with van der Waals surface area (Å²) in [6.45, 7) is 0. The number of rotatable bonds is 5. The van der Waals surface area contributed by atoms with Crippen molar-refractivity contribution in [2.75, 3.05) is 0 Å². The van der Waals surface area contributed by atoms with Gasteiger partial charge >= 0.3 is 5.97 Å². The molecule has 4 aromatic rings. The number of aromatic nitrogens is 2. The molecule has 30 heavy (non-hydrogen) atoms. The number of halogens is 2. The molecule has 9 heteroatoms. The second kappa shape index (κ2) is 7.55. The van der Waals surface area contributed by atoms with Crippen LogP contribution in [0.1, 0.15) is 5.56 Å². The van der Waals surface area contributed by atoms with Crippen LogP contribution in [0, 0.1) is 5.82 Å². The minimum atomic E-state index is -4.01. The highest BCUT2D eigenvalue weighted by atomic mass is 35.5. The smallest absolute Gasteiger partial charge is 0.307 e. The van der Waals surface area contributed by atoms with Gasteiger partial charge in [0.1, 0.15) is 16.6 Å². The molecule has 2 N–H and O–H groups in total. The lowest BCUT2D eigenvalue weighted by atomic mass is 10.0. The zero-order chi connectivity index (χ0) is 21.5. The molecule has 2 aromatic heterocycles. The summed E-state index contributed by atoms with van der Waals surface area (Å²) in [5.41, 5.74) is 0.712. The Morgan fingerprint density at radius 1 is 1.13 bits per heavy atom. The number of aromatic amines is 1. The molecule has 4 rings (SSSR count). The van der Waals surface area contributed by atoms with E-state index in [-0.39, 0.29) is 42.7 Å². The van der Waals surface area contributed by atoms with Crippen molar-refractivity contribution in [2.24, 2.45) is 0 Å². The van der Waals surface area contributed by atoms with E-state index in [1.165, 1.54) is 36.5 Å². The Kier molecular flexibility index (Phi) is 5.05. The van der Waals surface area contributed by atoms with E-state index in [9.17, 15) is 17.6 Å². The fourth-order valence-electron chi connectivity index (χ4n) is 3.25. The summed E-state index contributed by atoms with van der Waals surface area (Å²) in [6.07, 6.45) is 0.850. The summed E-state index contributed by atoms with van der Waals surface area (Å²) in [4.78, 5) is 17.9. The molecule has 0 saturated carbocycles. The van der Waals surface area contributed by atoms with Gasteiger partial charge in [-0.2, -0.15) is 0 Å². The molecule has 0 unspecified atom stereocenters. The molecule has 0 spiro atoms. The van der Waals surface area contributed by atoms with Crippen molar-refractivity contribution in [2.45, 2.75) is 16.2 Å². The van der Waals surface area contributed by atoms with Crippen molar-refractivity contribution in [3.63, 3.8) is 0 Å². The van der Waals surface area contributed by atoms with Gasteiger partial charge < -0.3 is 10.1 Å². The van der Waals surface area contributed by atoms with E-state index < -0.39 is 28.0 Å². The predicted molar refractivity (Wildman–Crippen MR) is 110 cm³/mol. The van der Waals surface area contributed by atoms with Crippen molar-refractivity contribution in [3.05, 3.63) is 77.3 Å². The van der Waals surface area contributed by atoms with Gasteiger partial charge in [-0.05, 0) is 35.4 Å². The lowest BCUT2D eigenvalue weighted by Crippen LogP contribution is -2.06. The summed E-state index contributed by atoms with van der Waals surface area (Å²) in [6, 6.07) is 13.2. The van der Waals surface area contributed by atoms with Crippen LogP contribution in [-0.2, 0) is 21.1 Å². The number of sulfone groups is 1. The Labute approximate surface area is 175 Å². The topological polar surface area (TPSA) is 100 Å². The van der Waals surface area contributed by atoms with E-state index in [2.05, 4.69) is 9.97 Å². The third-order valence-electron chi connectivity index (χ3n) is 4.60. The molecule has 0 bridgehead atoms. The van der Waals surface area contributed by atoms with Crippen LogP contribution in [0.3, 0.4) is 0 Å². The van der Waals surface area contributed by atoms with Crippen LogP contribution in [0.15, 0.2) is 70.6 Å². The van der Waals surface area contributed by atoms with E-state index in [1.807, 2.05) is 0 Å². The molecule has 0 aliphatic rings. The number of hydrogen-bond donors (Lipinski definition) is 2. The summed E-state index contributed by atoms with van der Waals surface area (Å²) in [5, 5.41) is 9.39. The Bertz CT molecular complexity index is 1390. The van der Waals surface area contributed by atoms with E-state index in [0.717, 1.165) is 6.07 Å². The molecule has 2 aromatic carbocycles. The number of carboxylic acids is 1. The number of nitrogens with one attached hydrogen (secondary N) is 1. The van der Waals surface area contributed by atoms with Crippen molar-refractivity contribution >= 4 is 38.4 Å². The number of H-pyrrole nitrogens is 1. The van der Waals surface area contributed by atoms with Crippen LogP contribution in [0.25, 0.3) is 22.2 Å². The number of hydrogen-bond acceptors (Lipinski definition) is 4. The quantitative estimate of drug-likeness (QED) is 0.472. The molecule has 0 atom stereocenters. The molecule has 152 valence electrons. The van der Waals surface area contributed by atoms with Gasteiger partial charge in [-0.3, -0.25) is 4.79 Å². The van der Waals surface area contributed by atoms with Gasteiger partial charge in [0.25, 0.3) is 0 Å². The maximum atomic E-state index is 14.5. The number of aliphatic carboxylic acids is 1. The average molecular weight is 445 g/mol. The van der Waals surface area contributed by atoms with Gasteiger partial charge in [-0.1, -0.05) is 41.9 Å². The lowest BCUT2D eigenvalue weighted by Gasteiger charge is -2.13. The highest BCUT2D eigenvalue weighted by Crippen LogP contribution is 2.37. The summed E-state index contributed by atoms with van der Waals surface area (Å²) in [5.74, 6) is -1.91. The van der Waals surface area contributed by atoms with Crippen molar-refractivity contribution in [1.82, 2.24) is 9.97 Å². The van der Waals surface area contributed by atoms with E-state index in [4.69, 9.17) is 16.7 Å². The van der Waals surface area contributed by atoms with Crippen molar-refractivity contribution in [1.29, 1.82) is 0 Å². The number of carboxylic acid groups (broad SMARTS) is 1. The van der Waals surface area contributed by atoms with Gasteiger partial charge in [-0.25, -0.2) is 17.8 Å². The zero-order valence-corrected chi connectivity index (χ0v) is 16.8. The first kappa shape index (κ1) is 20.1. The monoisotopic (exact) mass is 444 g/mol. The van der Waals surface area contributed by atoms with Crippen molar-refractivity contribution < 1.29 is 22.7 Å². The van der Waals surface area contributed by atoms with Crippen LogP contribution in [0.4, 0.5) is 4.39 Å². The first-order chi connectivity index (χ1) is 14.3. The highest BCUT2D eigenvalue weighted by Gasteiger charge is 2.27. The molecule has 0 saturated heterocycles. The second-order valence-electron chi connectivity index (χ2n) is 6.57. The van der Waals surface area contributed by atoms with Gasteiger partial charge in [0.15, 0.2) is 0 Å². The Morgan fingerprint density at radius 2 is 1.87 bits per heavy atom. The van der Waals surface area contributed by atoms with Crippen LogP contribution in [-0.4, -0.2) is 29.5 Å². The minimum absolute atomic E-state index is 0.00237. The zero-order valence-electron chi connectivity index (χ0n) is 15.3. The maximum Gasteiger partial charge on any atom is 0.307 e. The summed E-state index contributed by atoms with van der Waals surface area (Å²) < 4.78 is 41.5. The van der Waals surface area contributed by atoms with Gasteiger partial charge in [-0.15, -0.1) is 0 Å². The van der Waals surface area contributed by atoms with Gasteiger partial charge in [0.2, 0.25) is 9.84 Å². The molecule has 0 aliphatic heterocycles. The second-order valence-corrected chi connectivity index (χ2v) is 8.87. The van der Waals surface area contributed by atoms with Crippen molar-refractivity contribution in [3.8, 4) is 11.1 Å². The molecule has 0 amide bonds. The van der Waals surface area contributed by atoms with E-state index >= 15 is 0 Å². The maximum absolute atomic E-state index is 14.5. The normalized spacial score (nSPS) is 11.7. The number of nitrogens with zero attached hydrogens (tertiary/aromatic N) is 1. The Balaban J connectivity index is 1.99. The van der Waals surface area contributed by atoms with Crippen LogP contribution in [0.5, 0.6) is 0 Å². The third-order valence-corrected chi connectivity index (χ3v) is 6.68.